The van der Waals surface area contributed by atoms with Crippen LogP contribution in [0, 0.1) is 5.92 Å². The molecule has 3 N–H and O–H groups in total. The van der Waals surface area contributed by atoms with E-state index in [4.69, 9.17) is 5.11 Å². The number of hydrogen-bond acceptors (Lipinski definition) is 3. The van der Waals surface area contributed by atoms with Crippen LogP contribution in [0.15, 0.2) is 0 Å². The molecular weight excluding hydrogens is 144 g/mol. The van der Waals surface area contributed by atoms with Gasteiger partial charge >= 0.3 is 0 Å². The lowest BCUT2D eigenvalue weighted by atomic mass is 9.94. The van der Waals surface area contributed by atoms with E-state index < -0.39 is 12.2 Å². The highest BCUT2D eigenvalue weighted by Gasteiger charge is 2.19. The van der Waals surface area contributed by atoms with Crippen LogP contribution in [0.4, 0.5) is 0 Å². The fourth-order valence-corrected chi connectivity index (χ4v) is 1.02. The predicted octanol–water partition coefficient (Wildman–Crippen LogP) is 0.137. The molecule has 0 heterocycles. The van der Waals surface area contributed by atoms with E-state index in [1.54, 1.807) is 6.92 Å². The SMILES string of the molecule is CC[C@@H](O)[C@@H](C)[C@H](O)CCO. The fourth-order valence-electron chi connectivity index (χ4n) is 1.02. The summed E-state index contributed by atoms with van der Waals surface area (Å²) in [6.45, 7) is 3.63. The highest BCUT2D eigenvalue weighted by molar-refractivity contribution is 4.70. The maximum absolute atomic E-state index is 9.30. The maximum atomic E-state index is 9.30. The smallest absolute Gasteiger partial charge is 0.0612 e. The van der Waals surface area contributed by atoms with Gasteiger partial charge in [-0.05, 0) is 12.8 Å². The zero-order chi connectivity index (χ0) is 8.85. The van der Waals surface area contributed by atoms with Gasteiger partial charge in [0.25, 0.3) is 0 Å². The van der Waals surface area contributed by atoms with E-state index in [1.165, 1.54) is 0 Å². The van der Waals surface area contributed by atoms with Gasteiger partial charge in [0.1, 0.15) is 0 Å². The number of aliphatic hydroxyl groups is 3. The Labute approximate surface area is 67.7 Å². The summed E-state index contributed by atoms with van der Waals surface area (Å²) < 4.78 is 0. The summed E-state index contributed by atoms with van der Waals surface area (Å²) >= 11 is 0. The van der Waals surface area contributed by atoms with Gasteiger partial charge in [-0.1, -0.05) is 13.8 Å². The summed E-state index contributed by atoms with van der Waals surface area (Å²) in [6.07, 6.45) is -0.0616. The molecule has 3 heteroatoms. The van der Waals surface area contributed by atoms with Crippen LogP contribution in [0.5, 0.6) is 0 Å². The molecule has 0 aromatic rings. The zero-order valence-electron chi connectivity index (χ0n) is 7.20. The molecule has 0 saturated heterocycles. The van der Waals surface area contributed by atoms with E-state index in [2.05, 4.69) is 0 Å². The molecule has 0 aliphatic rings. The van der Waals surface area contributed by atoms with Crippen molar-refractivity contribution in [2.45, 2.75) is 38.9 Å². The van der Waals surface area contributed by atoms with E-state index >= 15 is 0 Å². The Balaban J connectivity index is 3.70. The number of hydrogen-bond donors (Lipinski definition) is 3. The summed E-state index contributed by atoms with van der Waals surface area (Å²) in [4.78, 5) is 0. The van der Waals surface area contributed by atoms with Gasteiger partial charge in [0.2, 0.25) is 0 Å². The van der Waals surface area contributed by atoms with Crippen molar-refractivity contribution in [1.82, 2.24) is 0 Å². The molecule has 0 bridgehead atoms. The molecule has 0 spiro atoms. The van der Waals surface area contributed by atoms with Gasteiger partial charge in [-0.3, -0.25) is 0 Å². The minimum absolute atomic E-state index is 0.0259. The zero-order valence-corrected chi connectivity index (χ0v) is 7.20. The third-order valence-electron chi connectivity index (χ3n) is 2.06. The Bertz CT molecular complexity index is 95.3. The molecule has 0 fully saturated rings. The minimum Gasteiger partial charge on any atom is -0.396 e. The Morgan fingerprint density at radius 2 is 1.73 bits per heavy atom. The summed E-state index contributed by atoms with van der Waals surface area (Å²) in [7, 11) is 0. The molecule has 0 saturated carbocycles. The first-order chi connectivity index (χ1) is 5.13. The minimum atomic E-state index is -0.588. The van der Waals surface area contributed by atoms with Crippen LogP contribution in [0.3, 0.4) is 0 Å². The van der Waals surface area contributed by atoms with Crippen molar-refractivity contribution in [1.29, 1.82) is 0 Å². The van der Waals surface area contributed by atoms with Crippen molar-refractivity contribution in [3.8, 4) is 0 Å². The van der Waals surface area contributed by atoms with Crippen LogP contribution in [0.2, 0.25) is 0 Å². The molecule has 0 aliphatic carbocycles. The van der Waals surface area contributed by atoms with Crippen molar-refractivity contribution < 1.29 is 15.3 Å². The quantitative estimate of drug-likeness (QED) is 0.539. The third kappa shape index (κ3) is 3.70. The maximum Gasteiger partial charge on any atom is 0.0612 e. The molecule has 68 valence electrons. The molecule has 11 heavy (non-hydrogen) atoms. The van der Waals surface area contributed by atoms with E-state index in [0.717, 1.165) is 0 Å². The van der Waals surface area contributed by atoms with Crippen LogP contribution in [-0.4, -0.2) is 34.1 Å². The monoisotopic (exact) mass is 162 g/mol. The van der Waals surface area contributed by atoms with E-state index in [9.17, 15) is 10.2 Å². The molecule has 0 aliphatic heterocycles. The standard InChI is InChI=1S/C8H18O3/c1-3-7(10)6(2)8(11)4-5-9/h6-11H,3-5H2,1-2H3/t6-,7-,8-/m1/s1. The lowest BCUT2D eigenvalue weighted by Gasteiger charge is -2.22. The van der Waals surface area contributed by atoms with Crippen molar-refractivity contribution in [3.05, 3.63) is 0 Å². The molecule has 3 atom stereocenters. The van der Waals surface area contributed by atoms with Crippen molar-refractivity contribution in [2.24, 2.45) is 5.92 Å². The molecule has 0 aromatic carbocycles. The Hall–Kier alpha value is -0.120. The van der Waals surface area contributed by atoms with Gasteiger partial charge in [0, 0.05) is 12.5 Å². The van der Waals surface area contributed by atoms with E-state index in [1.807, 2.05) is 6.92 Å². The van der Waals surface area contributed by atoms with Gasteiger partial charge in [-0.2, -0.15) is 0 Å². The highest BCUT2D eigenvalue weighted by Crippen LogP contribution is 2.13. The number of aliphatic hydroxyl groups excluding tert-OH is 3. The van der Waals surface area contributed by atoms with Gasteiger partial charge in [0.15, 0.2) is 0 Å². The molecular formula is C8H18O3. The summed E-state index contributed by atoms with van der Waals surface area (Å²) in [5.74, 6) is -0.146. The molecule has 0 radical (unpaired) electrons. The van der Waals surface area contributed by atoms with Crippen LogP contribution in [0.1, 0.15) is 26.7 Å². The average Bonchev–Trinajstić information content (AvgIpc) is 2.02. The Kier molecular flexibility index (Phi) is 5.46. The van der Waals surface area contributed by atoms with E-state index in [-0.39, 0.29) is 12.5 Å². The van der Waals surface area contributed by atoms with Crippen LogP contribution in [-0.2, 0) is 0 Å². The normalized spacial score (nSPS) is 19.4. The predicted molar refractivity (Wildman–Crippen MR) is 43.2 cm³/mol. The van der Waals surface area contributed by atoms with Crippen LogP contribution < -0.4 is 0 Å². The highest BCUT2D eigenvalue weighted by atomic mass is 16.3. The van der Waals surface area contributed by atoms with Crippen molar-refractivity contribution in [2.75, 3.05) is 6.61 Å². The van der Waals surface area contributed by atoms with Gasteiger partial charge < -0.3 is 15.3 Å². The fraction of sp³-hybridized carbons (Fsp3) is 1.00. The second-order valence-electron chi connectivity index (χ2n) is 2.91. The topological polar surface area (TPSA) is 60.7 Å². The Morgan fingerprint density at radius 1 is 1.18 bits per heavy atom. The second-order valence-corrected chi connectivity index (χ2v) is 2.91. The number of rotatable bonds is 5. The third-order valence-corrected chi connectivity index (χ3v) is 2.06. The van der Waals surface area contributed by atoms with Crippen molar-refractivity contribution in [3.63, 3.8) is 0 Å². The van der Waals surface area contributed by atoms with Crippen LogP contribution in [0.25, 0.3) is 0 Å². The van der Waals surface area contributed by atoms with E-state index in [0.29, 0.717) is 12.8 Å². The molecule has 0 unspecified atom stereocenters. The van der Waals surface area contributed by atoms with Gasteiger partial charge in [-0.15, -0.1) is 0 Å². The van der Waals surface area contributed by atoms with Crippen LogP contribution >= 0.6 is 0 Å². The molecule has 0 rings (SSSR count). The second kappa shape index (κ2) is 5.52. The summed E-state index contributed by atoms with van der Waals surface area (Å²) in [5.41, 5.74) is 0. The average molecular weight is 162 g/mol. The largest absolute Gasteiger partial charge is 0.396 e. The Morgan fingerprint density at radius 3 is 2.09 bits per heavy atom. The first kappa shape index (κ1) is 10.9. The lowest BCUT2D eigenvalue weighted by molar-refractivity contribution is 0.00850. The first-order valence-corrected chi connectivity index (χ1v) is 4.10. The molecule has 0 aromatic heterocycles. The van der Waals surface area contributed by atoms with Crippen molar-refractivity contribution >= 4 is 0 Å². The summed E-state index contributed by atoms with van der Waals surface area (Å²) in [6, 6.07) is 0. The molecule has 0 amide bonds. The summed E-state index contributed by atoms with van der Waals surface area (Å²) in [5, 5.41) is 27.1. The lowest BCUT2D eigenvalue weighted by Crippen LogP contribution is -2.29. The first-order valence-electron chi connectivity index (χ1n) is 4.10. The van der Waals surface area contributed by atoms with Gasteiger partial charge in [0.05, 0.1) is 12.2 Å². The van der Waals surface area contributed by atoms with Gasteiger partial charge in [-0.25, -0.2) is 0 Å². The molecule has 3 nitrogen and oxygen atoms in total.